The van der Waals surface area contributed by atoms with Crippen LogP contribution in [0.1, 0.15) is 20.8 Å². The lowest BCUT2D eigenvalue weighted by molar-refractivity contribution is -0.312. The van der Waals surface area contributed by atoms with Crippen molar-refractivity contribution in [3.05, 3.63) is 11.6 Å². The Kier molecular flexibility index (Phi) is 4.66. The molecule has 0 aromatic rings. The first-order valence-corrected chi connectivity index (χ1v) is 3.91. The van der Waals surface area contributed by atoms with Crippen molar-refractivity contribution in [2.24, 2.45) is 0 Å². The molecule has 0 rings (SSSR count). The fraction of sp³-hybridized carbons (Fsp3) is 0.667. The van der Waals surface area contributed by atoms with Crippen molar-refractivity contribution < 1.29 is 19.0 Å². The van der Waals surface area contributed by atoms with Gasteiger partial charge in [0.1, 0.15) is 0 Å². The molecular formula is C9H16O4. The first-order valence-electron chi connectivity index (χ1n) is 3.91. The highest BCUT2D eigenvalue weighted by molar-refractivity contribution is 5.66. The van der Waals surface area contributed by atoms with E-state index in [1.165, 1.54) is 21.1 Å². The van der Waals surface area contributed by atoms with Gasteiger partial charge in [0.15, 0.2) is 0 Å². The first-order chi connectivity index (χ1) is 5.95. The summed E-state index contributed by atoms with van der Waals surface area (Å²) in [6, 6.07) is 0. The van der Waals surface area contributed by atoms with Crippen molar-refractivity contribution in [2.75, 3.05) is 14.2 Å². The molecule has 0 saturated heterocycles. The Morgan fingerprint density at radius 1 is 1.15 bits per heavy atom. The van der Waals surface area contributed by atoms with Crippen molar-refractivity contribution in [3.8, 4) is 0 Å². The van der Waals surface area contributed by atoms with E-state index in [1.54, 1.807) is 6.08 Å². The summed E-state index contributed by atoms with van der Waals surface area (Å²) >= 11 is 0. The van der Waals surface area contributed by atoms with Gasteiger partial charge in [-0.1, -0.05) is 5.57 Å². The Bertz CT molecular complexity index is 200. The summed E-state index contributed by atoms with van der Waals surface area (Å²) in [6.07, 6.45) is 1.59. The lowest BCUT2D eigenvalue weighted by Crippen LogP contribution is -2.36. The van der Waals surface area contributed by atoms with Crippen LogP contribution < -0.4 is 0 Å². The number of carbonyl (C=O) groups is 1. The molecule has 0 radical (unpaired) electrons. The van der Waals surface area contributed by atoms with E-state index in [4.69, 9.17) is 14.2 Å². The third-order valence-corrected chi connectivity index (χ3v) is 1.32. The molecule has 0 aromatic heterocycles. The van der Waals surface area contributed by atoms with Crippen LogP contribution in [0.3, 0.4) is 0 Å². The molecule has 13 heavy (non-hydrogen) atoms. The first kappa shape index (κ1) is 12.1. The largest absolute Gasteiger partial charge is 0.404 e. The molecule has 0 aliphatic rings. The average molecular weight is 188 g/mol. The van der Waals surface area contributed by atoms with Crippen LogP contribution in [-0.2, 0) is 19.0 Å². The summed E-state index contributed by atoms with van der Waals surface area (Å²) in [5.74, 6) is -1.84. The van der Waals surface area contributed by atoms with E-state index < -0.39 is 11.9 Å². The Morgan fingerprint density at radius 3 is 1.85 bits per heavy atom. The van der Waals surface area contributed by atoms with Crippen molar-refractivity contribution in [2.45, 2.75) is 26.7 Å². The summed E-state index contributed by atoms with van der Waals surface area (Å²) < 4.78 is 14.8. The minimum atomic E-state index is -1.38. The Balaban J connectivity index is 4.69. The van der Waals surface area contributed by atoms with Gasteiger partial charge in [-0.2, -0.15) is 0 Å². The van der Waals surface area contributed by atoms with E-state index in [0.29, 0.717) is 0 Å². The minimum Gasteiger partial charge on any atom is -0.404 e. The molecule has 4 nitrogen and oxygen atoms in total. The van der Waals surface area contributed by atoms with Crippen LogP contribution in [0.2, 0.25) is 0 Å². The molecule has 0 heterocycles. The predicted molar refractivity (Wildman–Crippen MR) is 47.9 cm³/mol. The predicted octanol–water partition coefficient (Wildman–Crippen LogP) is 1.46. The van der Waals surface area contributed by atoms with Gasteiger partial charge in [-0.25, -0.2) is 0 Å². The third-order valence-electron chi connectivity index (χ3n) is 1.32. The number of rotatable bonds is 4. The van der Waals surface area contributed by atoms with Crippen LogP contribution in [-0.4, -0.2) is 26.2 Å². The van der Waals surface area contributed by atoms with Crippen LogP contribution in [0, 0.1) is 0 Å². The van der Waals surface area contributed by atoms with Gasteiger partial charge in [0, 0.05) is 27.2 Å². The number of ether oxygens (including phenoxy) is 3. The molecule has 76 valence electrons. The summed E-state index contributed by atoms with van der Waals surface area (Å²) in [4.78, 5) is 10.7. The molecule has 0 amide bonds. The van der Waals surface area contributed by atoms with Crippen LogP contribution in [0.5, 0.6) is 0 Å². The zero-order valence-corrected chi connectivity index (χ0v) is 8.71. The summed E-state index contributed by atoms with van der Waals surface area (Å²) in [5.41, 5.74) is 0.935. The minimum absolute atomic E-state index is 0.457. The monoisotopic (exact) mass is 188 g/mol. The lowest BCUT2D eigenvalue weighted by Gasteiger charge is -2.26. The van der Waals surface area contributed by atoms with Crippen LogP contribution in [0.4, 0.5) is 0 Å². The van der Waals surface area contributed by atoms with Crippen molar-refractivity contribution in [1.29, 1.82) is 0 Å². The van der Waals surface area contributed by atoms with Gasteiger partial charge in [0.05, 0.1) is 0 Å². The average Bonchev–Trinajstić information content (AvgIpc) is 2.01. The maximum absolute atomic E-state index is 10.7. The zero-order valence-electron chi connectivity index (χ0n) is 8.71. The van der Waals surface area contributed by atoms with Gasteiger partial charge in [0.2, 0.25) is 0 Å². The Labute approximate surface area is 78.5 Å². The third kappa shape index (κ3) is 4.05. The molecule has 0 N–H and O–H groups in total. The van der Waals surface area contributed by atoms with Gasteiger partial charge in [0.25, 0.3) is 0 Å². The lowest BCUT2D eigenvalue weighted by atomic mass is 10.3. The van der Waals surface area contributed by atoms with E-state index in [2.05, 4.69) is 0 Å². The van der Waals surface area contributed by atoms with E-state index in [9.17, 15) is 4.79 Å². The Morgan fingerprint density at radius 2 is 1.62 bits per heavy atom. The van der Waals surface area contributed by atoms with E-state index in [0.717, 1.165) is 5.57 Å². The quantitative estimate of drug-likeness (QED) is 0.380. The molecular weight excluding hydrogens is 172 g/mol. The molecule has 0 atom stereocenters. The van der Waals surface area contributed by atoms with E-state index in [1.807, 2.05) is 13.8 Å². The van der Waals surface area contributed by atoms with Crippen molar-refractivity contribution >= 4 is 5.97 Å². The molecule has 0 aromatic carbocycles. The molecule has 0 fully saturated rings. The van der Waals surface area contributed by atoms with Gasteiger partial charge in [-0.15, -0.1) is 0 Å². The highest BCUT2D eigenvalue weighted by atomic mass is 16.9. The second-order valence-corrected chi connectivity index (χ2v) is 2.83. The molecule has 0 saturated carbocycles. The Hall–Kier alpha value is -0.870. The maximum atomic E-state index is 10.7. The molecule has 0 spiro atoms. The van der Waals surface area contributed by atoms with Crippen LogP contribution in [0.25, 0.3) is 0 Å². The topological polar surface area (TPSA) is 44.8 Å². The fourth-order valence-corrected chi connectivity index (χ4v) is 0.868. The number of hydrogen-bond acceptors (Lipinski definition) is 4. The van der Waals surface area contributed by atoms with Gasteiger partial charge in [-0.05, 0) is 13.8 Å². The number of methoxy groups -OCH3 is 2. The van der Waals surface area contributed by atoms with E-state index >= 15 is 0 Å². The maximum Gasteiger partial charge on any atom is 0.350 e. The molecule has 0 aliphatic heterocycles. The summed E-state index contributed by atoms with van der Waals surface area (Å²) in [7, 11) is 2.82. The van der Waals surface area contributed by atoms with Crippen LogP contribution >= 0.6 is 0 Å². The van der Waals surface area contributed by atoms with Crippen molar-refractivity contribution in [3.63, 3.8) is 0 Å². The number of carbonyl (C=O) groups excluding carboxylic acids is 1. The molecule has 0 aliphatic carbocycles. The summed E-state index contributed by atoms with van der Waals surface area (Å²) in [5, 5.41) is 0. The van der Waals surface area contributed by atoms with Gasteiger partial charge < -0.3 is 14.2 Å². The second-order valence-electron chi connectivity index (χ2n) is 2.83. The SMILES string of the molecule is COC(C=C(C)C)(OC)OC(C)=O. The number of hydrogen-bond donors (Lipinski definition) is 0. The van der Waals surface area contributed by atoms with Crippen LogP contribution in [0.15, 0.2) is 11.6 Å². The number of esters is 1. The standard InChI is InChI=1S/C9H16O4/c1-7(2)6-9(11-4,12-5)13-8(3)10/h6H,1-5H3. The summed E-state index contributed by atoms with van der Waals surface area (Å²) in [6.45, 7) is 5.01. The van der Waals surface area contributed by atoms with Gasteiger partial charge >= 0.3 is 11.9 Å². The smallest absolute Gasteiger partial charge is 0.350 e. The highest BCUT2D eigenvalue weighted by Crippen LogP contribution is 2.17. The zero-order chi connectivity index (χ0) is 10.5. The normalized spacial score (nSPS) is 10.8. The molecule has 4 heteroatoms. The molecule has 0 unspecified atom stereocenters. The molecule has 0 bridgehead atoms. The van der Waals surface area contributed by atoms with E-state index in [-0.39, 0.29) is 0 Å². The highest BCUT2D eigenvalue weighted by Gasteiger charge is 2.30. The van der Waals surface area contributed by atoms with Crippen molar-refractivity contribution in [1.82, 2.24) is 0 Å². The van der Waals surface area contributed by atoms with Gasteiger partial charge in [-0.3, -0.25) is 4.79 Å². The number of allylic oxidation sites excluding steroid dienone is 1. The second kappa shape index (κ2) is 4.99. The fourth-order valence-electron chi connectivity index (χ4n) is 0.868.